The number of morpholine rings is 1. The molecule has 1 fully saturated rings. The molecule has 0 atom stereocenters. The Balaban J connectivity index is 1.59. The van der Waals surface area contributed by atoms with Crippen LogP contribution in [0.4, 0.5) is 5.69 Å². The first kappa shape index (κ1) is 21.1. The molecule has 2 aliphatic rings. The third-order valence-electron chi connectivity index (χ3n) is 5.55. The van der Waals surface area contributed by atoms with Gasteiger partial charge in [-0.05, 0) is 24.6 Å². The monoisotopic (exact) mass is 421 g/mol. The second kappa shape index (κ2) is 9.76. The summed E-state index contributed by atoms with van der Waals surface area (Å²) >= 11 is 0. The molecule has 7 nitrogen and oxygen atoms in total. The van der Waals surface area contributed by atoms with Gasteiger partial charge in [0.15, 0.2) is 0 Å². The first-order chi connectivity index (χ1) is 15.2. The van der Waals surface area contributed by atoms with Crippen molar-refractivity contribution in [2.75, 3.05) is 51.8 Å². The SMILES string of the molecule is COc1ccccc1C1=C(Nc2ccccc2)C(=O)N(CCCN2CCOCC2)C1=O. The van der Waals surface area contributed by atoms with Gasteiger partial charge >= 0.3 is 0 Å². The summed E-state index contributed by atoms with van der Waals surface area (Å²) in [6, 6.07) is 16.7. The number of nitrogens with zero attached hydrogens (tertiary/aromatic N) is 2. The summed E-state index contributed by atoms with van der Waals surface area (Å²) in [7, 11) is 1.56. The number of methoxy groups -OCH3 is 1. The number of para-hydroxylation sites is 2. The van der Waals surface area contributed by atoms with Gasteiger partial charge in [-0.2, -0.15) is 0 Å². The lowest BCUT2D eigenvalue weighted by Gasteiger charge is -2.27. The van der Waals surface area contributed by atoms with Crippen LogP contribution in [0.5, 0.6) is 5.75 Å². The van der Waals surface area contributed by atoms with Crippen molar-refractivity contribution < 1.29 is 19.1 Å². The zero-order valence-corrected chi connectivity index (χ0v) is 17.7. The first-order valence-electron chi connectivity index (χ1n) is 10.5. The normalized spacial score (nSPS) is 17.4. The van der Waals surface area contributed by atoms with Crippen LogP contribution in [0.25, 0.3) is 5.57 Å². The van der Waals surface area contributed by atoms with Crippen LogP contribution in [0.2, 0.25) is 0 Å². The molecule has 2 heterocycles. The standard InChI is InChI=1S/C24H27N3O4/c1-30-20-11-6-5-10-19(20)21-22(25-18-8-3-2-4-9-18)24(29)27(23(21)28)13-7-12-26-14-16-31-17-15-26/h2-6,8-11,25H,7,12-17H2,1H3. The van der Waals surface area contributed by atoms with Crippen LogP contribution in [0, 0.1) is 0 Å². The zero-order chi connectivity index (χ0) is 21.6. The maximum Gasteiger partial charge on any atom is 0.278 e. The Kier molecular flexibility index (Phi) is 6.64. The van der Waals surface area contributed by atoms with Gasteiger partial charge in [0.25, 0.3) is 11.8 Å². The van der Waals surface area contributed by atoms with Crippen molar-refractivity contribution in [3.8, 4) is 5.75 Å². The van der Waals surface area contributed by atoms with E-state index < -0.39 is 0 Å². The summed E-state index contributed by atoms with van der Waals surface area (Å²) in [4.78, 5) is 30.3. The molecular formula is C24H27N3O4. The molecule has 0 saturated carbocycles. The summed E-state index contributed by atoms with van der Waals surface area (Å²) in [5, 5.41) is 3.18. The Hall–Kier alpha value is -3.16. The predicted octanol–water partition coefficient (Wildman–Crippen LogP) is 2.61. The minimum atomic E-state index is -0.309. The van der Waals surface area contributed by atoms with Gasteiger partial charge in [0.2, 0.25) is 0 Å². The van der Waals surface area contributed by atoms with Crippen LogP contribution in [0.1, 0.15) is 12.0 Å². The molecule has 4 rings (SSSR count). The van der Waals surface area contributed by atoms with E-state index in [1.807, 2.05) is 48.5 Å². The van der Waals surface area contributed by atoms with Gasteiger partial charge in [-0.3, -0.25) is 19.4 Å². The van der Waals surface area contributed by atoms with Crippen LogP contribution in [0.3, 0.4) is 0 Å². The molecule has 0 unspecified atom stereocenters. The summed E-state index contributed by atoms with van der Waals surface area (Å²) < 4.78 is 10.9. The summed E-state index contributed by atoms with van der Waals surface area (Å²) in [5.41, 5.74) is 1.99. The van der Waals surface area contributed by atoms with Crippen LogP contribution < -0.4 is 10.1 Å². The Morgan fingerprint density at radius 1 is 0.935 bits per heavy atom. The molecule has 2 aromatic carbocycles. The van der Waals surface area contributed by atoms with Gasteiger partial charge in [-0.1, -0.05) is 36.4 Å². The third-order valence-corrected chi connectivity index (χ3v) is 5.55. The number of carbonyl (C=O) groups is 2. The van der Waals surface area contributed by atoms with E-state index in [0.29, 0.717) is 23.4 Å². The smallest absolute Gasteiger partial charge is 0.278 e. The number of hydrogen-bond acceptors (Lipinski definition) is 6. The first-order valence-corrected chi connectivity index (χ1v) is 10.5. The van der Waals surface area contributed by atoms with Crippen molar-refractivity contribution in [1.82, 2.24) is 9.80 Å². The predicted molar refractivity (Wildman–Crippen MR) is 119 cm³/mol. The zero-order valence-electron chi connectivity index (χ0n) is 17.7. The molecule has 31 heavy (non-hydrogen) atoms. The molecule has 1 saturated heterocycles. The Morgan fingerprint density at radius 3 is 2.39 bits per heavy atom. The molecule has 0 aromatic heterocycles. The number of imide groups is 1. The van der Waals surface area contributed by atoms with Gasteiger partial charge in [0.05, 0.1) is 25.9 Å². The number of ether oxygens (including phenoxy) is 2. The van der Waals surface area contributed by atoms with E-state index in [-0.39, 0.29) is 17.5 Å². The molecule has 2 aliphatic heterocycles. The molecule has 1 N–H and O–H groups in total. The minimum absolute atomic E-state index is 0.284. The molecule has 2 amide bonds. The number of hydrogen-bond donors (Lipinski definition) is 1. The number of amides is 2. The van der Waals surface area contributed by atoms with Gasteiger partial charge in [0.1, 0.15) is 11.4 Å². The average molecular weight is 421 g/mol. The largest absolute Gasteiger partial charge is 0.496 e. The molecule has 0 bridgehead atoms. The van der Waals surface area contributed by atoms with Crippen LogP contribution >= 0.6 is 0 Å². The van der Waals surface area contributed by atoms with E-state index in [0.717, 1.165) is 45.0 Å². The van der Waals surface area contributed by atoms with E-state index in [2.05, 4.69) is 10.2 Å². The summed E-state index contributed by atoms with van der Waals surface area (Å²) in [5.74, 6) is -0.0483. The van der Waals surface area contributed by atoms with E-state index in [1.54, 1.807) is 13.2 Å². The Bertz CT molecular complexity index is 968. The van der Waals surface area contributed by atoms with E-state index in [4.69, 9.17) is 9.47 Å². The Morgan fingerprint density at radius 2 is 1.65 bits per heavy atom. The lowest BCUT2D eigenvalue weighted by atomic mass is 10.0. The molecule has 0 aliphatic carbocycles. The van der Waals surface area contributed by atoms with Gasteiger partial charge in [0, 0.05) is 37.4 Å². The number of rotatable bonds is 8. The van der Waals surface area contributed by atoms with Gasteiger partial charge in [-0.25, -0.2) is 0 Å². The fourth-order valence-electron chi connectivity index (χ4n) is 3.94. The summed E-state index contributed by atoms with van der Waals surface area (Å²) in [6.07, 6.45) is 0.718. The van der Waals surface area contributed by atoms with E-state index in [1.165, 1.54) is 4.90 Å². The molecule has 7 heteroatoms. The molecule has 162 valence electrons. The maximum absolute atomic E-state index is 13.4. The number of benzene rings is 2. The van der Waals surface area contributed by atoms with Gasteiger partial charge in [-0.15, -0.1) is 0 Å². The van der Waals surface area contributed by atoms with Crippen LogP contribution in [0.15, 0.2) is 60.3 Å². The van der Waals surface area contributed by atoms with Crippen molar-refractivity contribution in [3.63, 3.8) is 0 Å². The summed E-state index contributed by atoms with van der Waals surface area (Å²) in [6.45, 7) is 4.42. The van der Waals surface area contributed by atoms with Crippen LogP contribution in [-0.2, 0) is 14.3 Å². The second-order valence-corrected chi connectivity index (χ2v) is 7.51. The fraction of sp³-hybridized carbons (Fsp3) is 0.333. The Labute approximate surface area is 182 Å². The second-order valence-electron chi connectivity index (χ2n) is 7.51. The highest BCUT2D eigenvalue weighted by Crippen LogP contribution is 2.35. The van der Waals surface area contributed by atoms with Crippen molar-refractivity contribution in [2.24, 2.45) is 0 Å². The highest BCUT2D eigenvalue weighted by Gasteiger charge is 2.40. The topological polar surface area (TPSA) is 71.1 Å². The number of carbonyl (C=O) groups excluding carboxylic acids is 2. The molecular weight excluding hydrogens is 394 g/mol. The third kappa shape index (κ3) is 4.62. The minimum Gasteiger partial charge on any atom is -0.496 e. The number of nitrogens with one attached hydrogen (secondary N) is 1. The van der Waals surface area contributed by atoms with E-state index in [9.17, 15) is 9.59 Å². The van der Waals surface area contributed by atoms with Crippen molar-refractivity contribution in [2.45, 2.75) is 6.42 Å². The maximum atomic E-state index is 13.4. The van der Waals surface area contributed by atoms with Crippen molar-refractivity contribution >= 4 is 23.1 Å². The molecule has 0 radical (unpaired) electrons. The fourth-order valence-corrected chi connectivity index (χ4v) is 3.94. The molecule has 0 spiro atoms. The quantitative estimate of drug-likeness (QED) is 0.661. The number of anilines is 1. The lowest BCUT2D eigenvalue weighted by Crippen LogP contribution is -2.39. The average Bonchev–Trinajstić information content (AvgIpc) is 3.04. The van der Waals surface area contributed by atoms with E-state index >= 15 is 0 Å². The highest BCUT2D eigenvalue weighted by atomic mass is 16.5. The van der Waals surface area contributed by atoms with Crippen LogP contribution in [-0.4, -0.2) is 68.1 Å². The molecule has 2 aromatic rings. The lowest BCUT2D eigenvalue weighted by molar-refractivity contribution is -0.136. The van der Waals surface area contributed by atoms with Gasteiger partial charge < -0.3 is 14.8 Å². The van der Waals surface area contributed by atoms with Crippen molar-refractivity contribution in [3.05, 3.63) is 65.9 Å². The van der Waals surface area contributed by atoms with Crippen molar-refractivity contribution in [1.29, 1.82) is 0 Å². The highest BCUT2D eigenvalue weighted by molar-refractivity contribution is 6.37.